The van der Waals surface area contributed by atoms with Crippen LogP contribution in [-0.4, -0.2) is 34.9 Å². The summed E-state index contributed by atoms with van der Waals surface area (Å²) in [5, 5.41) is 5.73. The van der Waals surface area contributed by atoms with Crippen LogP contribution in [-0.2, 0) is 11.3 Å². The number of nitrogens with one attached hydrogen (secondary N) is 2. The first kappa shape index (κ1) is 15.6. The Bertz CT molecular complexity index is 800. The number of fused-ring (bicyclic) bond motifs is 1. The molecule has 7 heteroatoms. The molecule has 0 saturated carbocycles. The normalized spacial score (nSPS) is 17.1. The Morgan fingerprint density at radius 3 is 2.72 bits per heavy atom. The number of rotatable bonds is 3. The largest absolute Gasteiger partial charge is 0.348 e. The van der Waals surface area contributed by atoms with E-state index in [1.165, 1.54) is 0 Å². The minimum absolute atomic E-state index is 0.00647. The summed E-state index contributed by atoms with van der Waals surface area (Å²) in [4.78, 5) is 34.9. The second-order valence-electron chi connectivity index (χ2n) is 6.35. The van der Waals surface area contributed by atoms with E-state index in [1.807, 2.05) is 12.1 Å². The van der Waals surface area contributed by atoms with E-state index in [0.717, 1.165) is 31.5 Å². The average molecular weight is 337 g/mol. The Hall–Kier alpha value is -2.96. The molecule has 0 atom stereocenters. The molecule has 0 unspecified atom stereocenters. The lowest BCUT2D eigenvalue weighted by molar-refractivity contribution is -0.120. The predicted molar refractivity (Wildman–Crippen MR) is 93.2 cm³/mol. The van der Waals surface area contributed by atoms with Crippen LogP contribution < -0.4 is 15.5 Å². The van der Waals surface area contributed by atoms with Gasteiger partial charge < -0.3 is 15.5 Å². The number of piperidine rings is 1. The topological polar surface area (TPSA) is 87.2 Å². The van der Waals surface area contributed by atoms with Crippen LogP contribution in [0.25, 0.3) is 0 Å². The number of carbonyl (C=O) groups excluding carboxylic acids is 2. The summed E-state index contributed by atoms with van der Waals surface area (Å²) in [5.74, 6) is 0.599. The zero-order valence-corrected chi connectivity index (χ0v) is 13.7. The first-order valence-electron chi connectivity index (χ1n) is 8.44. The highest BCUT2D eigenvalue weighted by Gasteiger charge is 2.26. The number of hydrogen-bond acceptors (Lipinski definition) is 5. The Morgan fingerprint density at radius 2 is 1.96 bits per heavy atom. The van der Waals surface area contributed by atoms with Crippen LogP contribution >= 0.6 is 0 Å². The molecule has 0 radical (unpaired) electrons. The quantitative estimate of drug-likeness (QED) is 0.888. The molecule has 1 fully saturated rings. The third-order valence-corrected chi connectivity index (χ3v) is 4.76. The summed E-state index contributed by atoms with van der Waals surface area (Å²) in [5.41, 5.74) is 2.29. The van der Waals surface area contributed by atoms with Crippen LogP contribution in [0.5, 0.6) is 0 Å². The van der Waals surface area contributed by atoms with E-state index in [-0.39, 0.29) is 17.7 Å². The van der Waals surface area contributed by atoms with Gasteiger partial charge in [0, 0.05) is 49.2 Å². The van der Waals surface area contributed by atoms with Crippen LogP contribution in [0.4, 0.5) is 11.6 Å². The smallest absolute Gasteiger partial charge is 0.251 e. The lowest BCUT2D eigenvalue weighted by atomic mass is 9.96. The minimum Gasteiger partial charge on any atom is -0.348 e. The minimum atomic E-state index is -0.0812. The third kappa shape index (κ3) is 3.17. The van der Waals surface area contributed by atoms with Crippen molar-refractivity contribution in [2.75, 3.05) is 23.3 Å². The first-order chi connectivity index (χ1) is 12.2. The highest BCUT2D eigenvalue weighted by Crippen LogP contribution is 2.24. The summed E-state index contributed by atoms with van der Waals surface area (Å²) >= 11 is 0. The summed E-state index contributed by atoms with van der Waals surface area (Å²) < 4.78 is 0. The van der Waals surface area contributed by atoms with Gasteiger partial charge in [0.05, 0.1) is 0 Å². The van der Waals surface area contributed by atoms with E-state index in [2.05, 4.69) is 25.5 Å². The predicted octanol–water partition coefficient (Wildman–Crippen LogP) is 1.58. The van der Waals surface area contributed by atoms with Gasteiger partial charge in [0.15, 0.2) is 0 Å². The molecule has 2 aromatic rings. The third-order valence-electron chi connectivity index (χ3n) is 4.76. The Labute approximate surface area is 145 Å². The standard InChI is InChI=1S/C18H19N5O2/c24-16(22-14-3-2-13-11-21-17(25)15(13)10-14)12-4-8-23(9-5-12)18-19-6-1-7-20-18/h1-3,6-7,10,12H,4-5,8-9,11H2,(H,21,25)(H,22,24). The Balaban J connectivity index is 1.37. The number of hydrogen-bond donors (Lipinski definition) is 2. The van der Waals surface area contributed by atoms with Crippen LogP contribution in [0.3, 0.4) is 0 Å². The van der Waals surface area contributed by atoms with E-state index in [0.29, 0.717) is 23.7 Å². The molecule has 3 heterocycles. The van der Waals surface area contributed by atoms with Crippen molar-refractivity contribution in [1.29, 1.82) is 0 Å². The number of nitrogens with zero attached hydrogens (tertiary/aromatic N) is 3. The summed E-state index contributed by atoms with van der Waals surface area (Å²) in [6.07, 6.45) is 4.97. The van der Waals surface area contributed by atoms with Crippen molar-refractivity contribution >= 4 is 23.5 Å². The van der Waals surface area contributed by atoms with Gasteiger partial charge in [0.25, 0.3) is 5.91 Å². The molecule has 0 spiro atoms. The molecule has 2 aliphatic rings. The molecule has 4 rings (SSSR count). The molecule has 128 valence electrons. The number of aromatic nitrogens is 2. The van der Waals surface area contributed by atoms with Crippen LogP contribution in [0, 0.1) is 5.92 Å². The molecule has 2 N–H and O–H groups in total. The molecule has 25 heavy (non-hydrogen) atoms. The van der Waals surface area contributed by atoms with Crippen molar-refractivity contribution in [3.8, 4) is 0 Å². The fourth-order valence-corrected chi connectivity index (χ4v) is 3.33. The van der Waals surface area contributed by atoms with E-state index in [4.69, 9.17) is 0 Å². The van der Waals surface area contributed by atoms with Crippen molar-refractivity contribution in [1.82, 2.24) is 15.3 Å². The number of anilines is 2. The number of carbonyl (C=O) groups is 2. The zero-order chi connectivity index (χ0) is 17.2. The fraction of sp³-hybridized carbons (Fsp3) is 0.333. The van der Waals surface area contributed by atoms with Gasteiger partial charge in [-0.1, -0.05) is 6.07 Å². The van der Waals surface area contributed by atoms with Gasteiger partial charge in [-0.2, -0.15) is 0 Å². The fourth-order valence-electron chi connectivity index (χ4n) is 3.33. The van der Waals surface area contributed by atoms with Gasteiger partial charge in [-0.25, -0.2) is 9.97 Å². The molecule has 1 aromatic carbocycles. The SMILES string of the molecule is O=C1NCc2ccc(NC(=O)C3CCN(c4ncccn4)CC3)cc21. The summed E-state index contributed by atoms with van der Waals surface area (Å²) in [6, 6.07) is 7.28. The van der Waals surface area contributed by atoms with Gasteiger partial charge in [0.1, 0.15) is 0 Å². The average Bonchev–Trinajstić information content (AvgIpc) is 3.03. The van der Waals surface area contributed by atoms with Gasteiger partial charge in [-0.3, -0.25) is 9.59 Å². The molecule has 2 amide bonds. The van der Waals surface area contributed by atoms with E-state index in [9.17, 15) is 9.59 Å². The van der Waals surface area contributed by atoms with Crippen LogP contribution in [0.1, 0.15) is 28.8 Å². The molecular weight excluding hydrogens is 318 g/mol. The monoisotopic (exact) mass is 337 g/mol. The van der Waals surface area contributed by atoms with E-state index in [1.54, 1.807) is 24.5 Å². The van der Waals surface area contributed by atoms with Crippen LogP contribution in [0.15, 0.2) is 36.7 Å². The van der Waals surface area contributed by atoms with Gasteiger partial charge in [-0.15, -0.1) is 0 Å². The van der Waals surface area contributed by atoms with Gasteiger partial charge >= 0.3 is 0 Å². The number of amides is 2. The van der Waals surface area contributed by atoms with E-state index >= 15 is 0 Å². The Kier molecular flexibility index (Phi) is 4.05. The number of benzene rings is 1. The van der Waals surface area contributed by atoms with Crippen LogP contribution in [0.2, 0.25) is 0 Å². The lowest BCUT2D eigenvalue weighted by Crippen LogP contribution is -2.39. The Morgan fingerprint density at radius 1 is 1.20 bits per heavy atom. The van der Waals surface area contributed by atoms with Crippen molar-refractivity contribution in [2.24, 2.45) is 5.92 Å². The zero-order valence-electron chi connectivity index (χ0n) is 13.7. The summed E-state index contributed by atoms with van der Waals surface area (Å²) in [6.45, 7) is 2.08. The molecular formula is C18H19N5O2. The van der Waals surface area contributed by atoms with E-state index < -0.39 is 0 Å². The maximum atomic E-state index is 12.5. The van der Waals surface area contributed by atoms with Crippen molar-refractivity contribution < 1.29 is 9.59 Å². The van der Waals surface area contributed by atoms with Gasteiger partial charge in [-0.05, 0) is 36.6 Å². The second-order valence-corrected chi connectivity index (χ2v) is 6.35. The van der Waals surface area contributed by atoms with Crippen molar-refractivity contribution in [3.63, 3.8) is 0 Å². The molecule has 1 saturated heterocycles. The maximum Gasteiger partial charge on any atom is 0.251 e. The molecule has 2 aliphatic heterocycles. The maximum absolute atomic E-state index is 12.5. The van der Waals surface area contributed by atoms with Gasteiger partial charge in [0.2, 0.25) is 11.9 Å². The molecule has 0 bridgehead atoms. The molecule has 7 nitrogen and oxygen atoms in total. The summed E-state index contributed by atoms with van der Waals surface area (Å²) in [7, 11) is 0. The highest BCUT2D eigenvalue weighted by atomic mass is 16.2. The van der Waals surface area contributed by atoms with Crippen molar-refractivity contribution in [2.45, 2.75) is 19.4 Å². The highest BCUT2D eigenvalue weighted by molar-refractivity contribution is 6.00. The second kappa shape index (κ2) is 6.51. The first-order valence-corrected chi connectivity index (χ1v) is 8.44. The lowest BCUT2D eigenvalue weighted by Gasteiger charge is -2.31. The molecule has 0 aliphatic carbocycles. The molecule has 1 aromatic heterocycles. The van der Waals surface area contributed by atoms with Crippen molar-refractivity contribution in [3.05, 3.63) is 47.8 Å².